The Morgan fingerprint density at radius 1 is 1.42 bits per heavy atom. The van der Waals surface area contributed by atoms with Crippen molar-refractivity contribution in [1.29, 1.82) is 0 Å². The van der Waals surface area contributed by atoms with Gasteiger partial charge in [-0.3, -0.25) is 4.79 Å². The van der Waals surface area contributed by atoms with Crippen LogP contribution in [0.5, 0.6) is 0 Å². The normalized spacial score (nSPS) is 29.4. The van der Waals surface area contributed by atoms with Gasteiger partial charge in [-0.25, -0.2) is 0 Å². The predicted molar refractivity (Wildman–Crippen MR) is 47.7 cm³/mol. The van der Waals surface area contributed by atoms with E-state index in [-0.39, 0.29) is 0 Å². The van der Waals surface area contributed by atoms with Crippen molar-refractivity contribution in [3.05, 3.63) is 0 Å². The van der Waals surface area contributed by atoms with E-state index in [2.05, 4.69) is 11.8 Å². The van der Waals surface area contributed by atoms with Gasteiger partial charge in [0.15, 0.2) is 0 Å². The van der Waals surface area contributed by atoms with Crippen LogP contribution in [0.25, 0.3) is 0 Å². The quantitative estimate of drug-likeness (QED) is 0.612. The van der Waals surface area contributed by atoms with Crippen molar-refractivity contribution in [2.24, 2.45) is 11.8 Å². The molecular formula is C10H17NO. The van der Waals surface area contributed by atoms with Crippen LogP contribution < -0.4 is 0 Å². The molecule has 0 bridgehead atoms. The second-order valence-electron chi connectivity index (χ2n) is 4.12. The largest absolute Gasteiger partial charge is 0.342 e. The Labute approximate surface area is 73.9 Å². The van der Waals surface area contributed by atoms with Crippen molar-refractivity contribution in [3.63, 3.8) is 0 Å². The summed E-state index contributed by atoms with van der Waals surface area (Å²) in [4.78, 5) is 13.7. The maximum Gasteiger partial charge on any atom is 0.225 e. The van der Waals surface area contributed by atoms with Crippen LogP contribution in [0.2, 0.25) is 0 Å². The van der Waals surface area contributed by atoms with Crippen LogP contribution in [0, 0.1) is 11.8 Å². The van der Waals surface area contributed by atoms with E-state index < -0.39 is 0 Å². The van der Waals surface area contributed by atoms with Crippen LogP contribution in [-0.2, 0) is 4.79 Å². The lowest BCUT2D eigenvalue weighted by Crippen LogP contribution is -2.29. The summed E-state index contributed by atoms with van der Waals surface area (Å²) >= 11 is 0. The zero-order valence-electron chi connectivity index (χ0n) is 7.75. The van der Waals surface area contributed by atoms with Gasteiger partial charge in [0.1, 0.15) is 0 Å². The molecule has 0 radical (unpaired) electrons. The summed E-state index contributed by atoms with van der Waals surface area (Å²) in [6.45, 7) is 4.27. The fraction of sp³-hybridized carbons (Fsp3) is 0.900. The van der Waals surface area contributed by atoms with E-state index in [9.17, 15) is 4.79 Å². The Bertz CT molecular complexity index is 186. The molecule has 1 aliphatic carbocycles. The number of carbonyl (C=O) groups is 1. The summed E-state index contributed by atoms with van der Waals surface area (Å²) in [5.74, 6) is 1.64. The Morgan fingerprint density at radius 3 is 2.67 bits per heavy atom. The second kappa shape index (κ2) is 3.08. The molecule has 2 nitrogen and oxygen atoms in total. The molecule has 1 amide bonds. The second-order valence-corrected chi connectivity index (χ2v) is 4.12. The third kappa shape index (κ3) is 1.47. The van der Waals surface area contributed by atoms with Gasteiger partial charge in [-0.05, 0) is 25.2 Å². The van der Waals surface area contributed by atoms with Gasteiger partial charge in [-0.1, -0.05) is 13.3 Å². The Kier molecular flexibility index (Phi) is 2.07. The maximum absolute atomic E-state index is 11.6. The van der Waals surface area contributed by atoms with Crippen LogP contribution >= 0.6 is 0 Å². The first-order chi connectivity index (χ1) is 5.81. The summed E-state index contributed by atoms with van der Waals surface area (Å²) in [7, 11) is 0. The molecule has 0 spiro atoms. The lowest BCUT2D eigenvalue weighted by molar-refractivity contribution is -0.131. The highest BCUT2D eigenvalue weighted by atomic mass is 16.2. The summed E-state index contributed by atoms with van der Waals surface area (Å²) in [6.07, 6.45) is 4.75. The zero-order chi connectivity index (χ0) is 8.55. The van der Waals surface area contributed by atoms with E-state index >= 15 is 0 Å². The predicted octanol–water partition coefficient (Wildman–Crippen LogP) is 1.65. The fourth-order valence-electron chi connectivity index (χ4n) is 1.95. The number of hydrogen-bond acceptors (Lipinski definition) is 1. The van der Waals surface area contributed by atoms with Gasteiger partial charge in [-0.15, -0.1) is 0 Å². The van der Waals surface area contributed by atoms with Crippen molar-refractivity contribution in [2.45, 2.75) is 32.6 Å². The molecule has 1 heterocycles. The summed E-state index contributed by atoms with van der Waals surface area (Å²) in [5.41, 5.74) is 0. The van der Waals surface area contributed by atoms with Crippen LogP contribution in [0.15, 0.2) is 0 Å². The minimum Gasteiger partial charge on any atom is -0.342 e. The SMILES string of the molecule is CC[C@H]1CCN(C(=O)C2CC2)C1. The summed E-state index contributed by atoms with van der Waals surface area (Å²) < 4.78 is 0. The van der Waals surface area contributed by atoms with E-state index in [1.807, 2.05) is 0 Å². The monoisotopic (exact) mass is 167 g/mol. The van der Waals surface area contributed by atoms with Crippen LogP contribution in [-0.4, -0.2) is 23.9 Å². The Morgan fingerprint density at radius 2 is 2.17 bits per heavy atom. The van der Waals surface area contributed by atoms with Crippen molar-refractivity contribution >= 4 is 5.91 Å². The van der Waals surface area contributed by atoms with Crippen molar-refractivity contribution in [2.75, 3.05) is 13.1 Å². The molecule has 0 aromatic rings. The minimum absolute atomic E-state index is 0.417. The molecule has 2 heteroatoms. The maximum atomic E-state index is 11.6. The summed E-state index contributed by atoms with van der Waals surface area (Å²) in [5, 5.41) is 0. The number of carbonyl (C=O) groups excluding carboxylic acids is 1. The van der Waals surface area contributed by atoms with Crippen molar-refractivity contribution in [3.8, 4) is 0 Å². The third-order valence-electron chi connectivity index (χ3n) is 3.10. The van der Waals surface area contributed by atoms with Crippen LogP contribution in [0.4, 0.5) is 0 Å². The highest BCUT2D eigenvalue weighted by Crippen LogP contribution is 2.33. The first-order valence-corrected chi connectivity index (χ1v) is 5.10. The third-order valence-corrected chi connectivity index (χ3v) is 3.10. The smallest absolute Gasteiger partial charge is 0.225 e. The molecule has 1 saturated heterocycles. The number of rotatable bonds is 2. The van der Waals surface area contributed by atoms with Gasteiger partial charge in [0.25, 0.3) is 0 Å². The zero-order valence-corrected chi connectivity index (χ0v) is 7.75. The molecule has 0 aromatic heterocycles. The first kappa shape index (κ1) is 8.09. The minimum atomic E-state index is 0.417. The van der Waals surface area contributed by atoms with Gasteiger partial charge in [-0.2, -0.15) is 0 Å². The highest BCUT2D eigenvalue weighted by Gasteiger charge is 2.35. The van der Waals surface area contributed by atoms with E-state index in [0.29, 0.717) is 11.8 Å². The first-order valence-electron chi connectivity index (χ1n) is 5.10. The molecule has 2 rings (SSSR count). The standard InChI is InChI=1S/C10H17NO/c1-2-8-5-6-11(7-8)10(12)9-3-4-9/h8-9H,2-7H2,1H3/t8-/m0/s1. The molecular weight excluding hydrogens is 150 g/mol. The summed E-state index contributed by atoms with van der Waals surface area (Å²) in [6, 6.07) is 0. The topological polar surface area (TPSA) is 20.3 Å². The Hall–Kier alpha value is -0.530. The van der Waals surface area contributed by atoms with Gasteiger partial charge >= 0.3 is 0 Å². The lowest BCUT2D eigenvalue weighted by Gasteiger charge is -2.15. The van der Waals surface area contributed by atoms with Gasteiger partial charge in [0.2, 0.25) is 5.91 Å². The number of nitrogens with zero attached hydrogens (tertiary/aromatic N) is 1. The molecule has 1 aliphatic heterocycles. The molecule has 2 fully saturated rings. The molecule has 0 aromatic carbocycles. The number of likely N-dealkylation sites (tertiary alicyclic amines) is 1. The molecule has 2 aliphatic rings. The van der Waals surface area contributed by atoms with E-state index in [0.717, 1.165) is 31.8 Å². The van der Waals surface area contributed by atoms with Crippen LogP contribution in [0.1, 0.15) is 32.6 Å². The fourth-order valence-corrected chi connectivity index (χ4v) is 1.95. The van der Waals surface area contributed by atoms with Gasteiger partial charge in [0.05, 0.1) is 0 Å². The van der Waals surface area contributed by atoms with E-state index in [1.165, 1.54) is 12.8 Å². The van der Waals surface area contributed by atoms with E-state index in [1.54, 1.807) is 0 Å². The molecule has 1 saturated carbocycles. The number of amides is 1. The van der Waals surface area contributed by atoms with Crippen molar-refractivity contribution in [1.82, 2.24) is 4.90 Å². The number of hydrogen-bond donors (Lipinski definition) is 0. The van der Waals surface area contributed by atoms with Crippen molar-refractivity contribution < 1.29 is 4.79 Å². The average Bonchev–Trinajstić information content (AvgIpc) is 2.82. The molecule has 12 heavy (non-hydrogen) atoms. The van der Waals surface area contributed by atoms with E-state index in [4.69, 9.17) is 0 Å². The lowest BCUT2D eigenvalue weighted by atomic mass is 10.1. The van der Waals surface area contributed by atoms with Gasteiger partial charge < -0.3 is 4.90 Å². The highest BCUT2D eigenvalue weighted by molar-refractivity contribution is 5.81. The van der Waals surface area contributed by atoms with Gasteiger partial charge in [0, 0.05) is 19.0 Å². The molecule has 68 valence electrons. The Balaban J connectivity index is 1.85. The average molecular weight is 167 g/mol. The van der Waals surface area contributed by atoms with Crippen LogP contribution in [0.3, 0.4) is 0 Å². The molecule has 1 atom stereocenters. The molecule has 0 N–H and O–H groups in total. The molecule has 0 unspecified atom stereocenters.